The van der Waals surface area contributed by atoms with E-state index in [1.165, 1.54) is 0 Å². The standard InChI is InChI=1S/C17H16O4/c1-9(2)10-7-13(18)15(14(19)8-10)16-11-5-3-4-6-12(11)17(20)21-16/h3-9,16,18-19H,1-2H3. The van der Waals surface area contributed by atoms with Crippen molar-refractivity contribution in [3.63, 3.8) is 0 Å². The maximum absolute atomic E-state index is 11.9. The van der Waals surface area contributed by atoms with Gasteiger partial charge in [0.15, 0.2) is 6.10 Å². The summed E-state index contributed by atoms with van der Waals surface area (Å²) in [5.74, 6) is -0.391. The largest absolute Gasteiger partial charge is 0.507 e. The van der Waals surface area contributed by atoms with Crippen molar-refractivity contribution in [2.75, 3.05) is 0 Å². The molecule has 2 aromatic carbocycles. The monoisotopic (exact) mass is 284 g/mol. The summed E-state index contributed by atoms with van der Waals surface area (Å²) in [4.78, 5) is 11.9. The second kappa shape index (κ2) is 4.81. The van der Waals surface area contributed by atoms with Gasteiger partial charge in [0.05, 0.1) is 11.1 Å². The molecule has 21 heavy (non-hydrogen) atoms. The van der Waals surface area contributed by atoms with Crippen LogP contribution in [-0.2, 0) is 4.74 Å². The molecule has 1 aliphatic heterocycles. The van der Waals surface area contributed by atoms with Gasteiger partial charge in [0.2, 0.25) is 0 Å². The number of esters is 1. The molecule has 1 unspecified atom stereocenters. The van der Waals surface area contributed by atoms with Crippen LogP contribution in [0.3, 0.4) is 0 Å². The maximum atomic E-state index is 11.9. The van der Waals surface area contributed by atoms with Crippen LogP contribution in [0.5, 0.6) is 11.5 Å². The van der Waals surface area contributed by atoms with Crippen LogP contribution < -0.4 is 0 Å². The predicted octanol–water partition coefficient (Wildman–Crippen LogP) is 3.48. The van der Waals surface area contributed by atoms with E-state index in [0.29, 0.717) is 11.1 Å². The average Bonchev–Trinajstić information content (AvgIpc) is 2.76. The van der Waals surface area contributed by atoms with Gasteiger partial charge in [0.1, 0.15) is 11.5 Å². The molecule has 0 aromatic heterocycles. The summed E-state index contributed by atoms with van der Waals surface area (Å²) in [5.41, 5.74) is 2.18. The fraction of sp³-hybridized carbons (Fsp3) is 0.235. The van der Waals surface area contributed by atoms with Crippen LogP contribution in [0.1, 0.15) is 52.9 Å². The van der Waals surface area contributed by atoms with Crippen molar-refractivity contribution < 1.29 is 19.7 Å². The third kappa shape index (κ3) is 2.13. The Labute approximate surface area is 122 Å². The number of hydrogen-bond acceptors (Lipinski definition) is 4. The SMILES string of the molecule is CC(C)c1cc(O)c(C2OC(=O)c3ccccc32)c(O)c1. The Bertz CT molecular complexity index is 695. The Morgan fingerprint density at radius 3 is 2.33 bits per heavy atom. The van der Waals surface area contributed by atoms with Crippen LogP contribution in [0.15, 0.2) is 36.4 Å². The summed E-state index contributed by atoms with van der Waals surface area (Å²) in [6.07, 6.45) is -0.769. The van der Waals surface area contributed by atoms with Crippen LogP contribution >= 0.6 is 0 Å². The predicted molar refractivity (Wildman–Crippen MR) is 77.6 cm³/mol. The topological polar surface area (TPSA) is 66.8 Å². The zero-order valence-electron chi connectivity index (χ0n) is 11.8. The zero-order valence-corrected chi connectivity index (χ0v) is 11.8. The van der Waals surface area contributed by atoms with E-state index in [2.05, 4.69) is 0 Å². The lowest BCUT2D eigenvalue weighted by Gasteiger charge is -2.17. The average molecular weight is 284 g/mol. The number of phenolic OH excluding ortho intramolecular Hbond substituents is 2. The summed E-state index contributed by atoms with van der Waals surface area (Å²) in [5, 5.41) is 20.5. The van der Waals surface area contributed by atoms with Crippen LogP contribution in [0.4, 0.5) is 0 Å². The molecule has 1 aliphatic rings. The van der Waals surface area contributed by atoms with Gasteiger partial charge < -0.3 is 14.9 Å². The number of cyclic esters (lactones) is 1. The quantitative estimate of drug-likeness (QED) is 0.828. The lowest BCUT2D eigenvalue weighted by Crippen LogP contribution is -2.02. The van der Waals surface area contributed by atoms with Crippen LogP contribution in [0.2, 0.25) is 0 Å². The van der Waals surface area contributed by atoms with E-state index in [9.17, 15) is 15.0 Å². The lowest BCUT2D eigenvalue weighted by atomic mass is 9.94. The van der Waals surface area contributed by atoms with Crippen molar-refractivity contribution in [3.05, 3.63) is 58.7 Å². The first-order valence-electron chi connectivity index (χ1n) is 6.84. The highest BCUT2D eigenvalue weighted by molar-refractivity contribution is 5.94. The molecule has 0 spiro atoms. The van der Waals surface area contributed by atoms with Gasteiger partial charge in [-0.1, -0.05) is 32.0 Å². The van der Waals surface area contributed by atoms with Gasteiger partial charge in [0, 0.05) is 5.56 Å². The number of benzene rings is 2. The first kappa shape index (κ1) is 13.5. The van der Waals surface area contributed by atoms with Gasteiger partial charge in [-0.3, -0.25) is 0 Å². The van der Waals surface area contributed by atoms with E-state index < -0.39 is 12.1 Å². The molecule has 108 valence electrons. The number of carbonyl (C=O) groups is 1. The van der Waals surface area contributed by atoms with Gasteiger partial charge in [0.25, 0.3) is 0 Å². The fourth-order valence-electron chi connectivity index (χ4n) is 2.61. The minimum absolute atomic E-state index is 0.0618. The highest BCUT2D eigenvalue weighted by Gasteiger charge is 2.35. The maximum Gasteiger partial charge on any atom is 0.339 e. The first-order chi connectivity index (χ1) is 9.99. The van der Waals surface area contributed by atoms with Gasteiger partial charge in [-0.05, 0) is 29.7 Å². The third-order valence-corrected chi connectivity index (χ3v) is 3.78. The molecular weight excluding hydrogens is 268 g/mol. The number of aromatic hydroxyl groups is 2. The number of fused-ring (bicyclic) bond motifs is 1. The number of ether oxygens (including phenoxy) is 1. The minimum atomic E-state index is -0.769. The molecule has 0 saturated carbocycles. The van der Waals surface area contributed by atoms with E-state index in [4.69, 9.17) is 4.74 Å². The molecule has 0 saturated heterocycles. The molecule has 2 N–H and O–H groups in total. The second-order valence-corrected chi connectivity index (χ2v) is 5.50. The van der Waals surface area contributed by atoms with Crippen molar-refractivity contribution in [1.82, 2.24) is 0 Å². The van der Waals surface area contributed by atoms with Gasteiger partial charge in [-0.25, -0.2) is 4.79 Å². The molecule has 0 aliphatic carbocycles. The molecule has 3 rings (SSSR count). The van der Waals surface area contributed by atoms with E-state index in [0.717, 1.165) is 5.56 Å². The molecule has 0 amide bonds. The van der Waals surface area contributed by atoms with Crippen LogP contribution in [0.25, 0.3) is 0 Å². The Hall–Kier alpha value is -2.49. The van der Waals surface area contributed by atoms with Crippen molar-refractivity contribution in [2.24, 2.45) is 0 Å². The molecule has 0 fully saturated rings. The van der Waals surface area contributed by atoms with Gasteiger partial charge in [-0.2, -0.15) is 0 Å². The lowest BCUT2D eigenvalue weighted by molar-refractivity contribution is 0.0449. The number of phenols is 2. The number of hydrogen-bond donors (Lipinski definition) is 2. The minimum Gasteiger partial charge on any atom is -0.507 e. The molecule has 1 atom stereocenters. The summed E-state index contributed by atoms with van der Waals surface area (Å²) >= 11 is 0. The summed E-state index contributed by atoms with van der Waals surface area (Å²) in [6.45, 7) is 3.94. The first-order valence-corrected chi connectivity index (χ1v) is 6.84. The van der Waals surface area contributed by atoms with Gasteiger partial charge >= 0.3 is 5.97 Å². The van der Waals surface area contributed by atoms with Crippen molar-refractivity contribution in [3.8, 4) is 11.5 Å². The Morgan fingerprint density at radius 2 is 1.71 bits per heavy atom. The van der Waals surface area contributed by atoms with E-state index in [1.807, 2.05) is 13.8 Å². The van der Waals surface area contributed by atoms with Crippen molar-refractivity contribution in [2.45, 2.75) is 25.9 Å². The molecule has 2 aromatic rings. The fourth-order valence-corrected chi connectivity index (χ4v) is 2.61. The molecule has 0 radical (unpaired) electrons. The normalized spacial score (nSPS) is 16.9. The molecule has 1 heterocycles. The van der Waals surface area contributed by atoms with E-state index in [-0.39, 0.29) is 23.0 Å². The Kier molecular flexibility index (Phi) is 3.09. The summed E-state index contributed by atoms with van der Waals surface area (Å²) < 4.78 is 5.32. The second-order valence-electron chi connectivity index (χ2n) is 5.50. The van der Waals surface area contributed by atoms with Crippen LogP contribution in [-0.4, -0.2) is 16.2 Å². The molecule has 4 heteroatoms. The van der Waals surface area contributed by atoms with Crippen molar-refractivity contribution in [1.29, 1.82) is 0 Å². The van der Waals surface area contributed by atoms with Gasteiger partial charge in [-0.15, -0.1) is 0 Å². The molecule has 4 nitrogen and oxygen atoms in total. The third-order valence-electron chi connectivity index (χ3n) is 3.78. The smallest absolute Gasteiger partial charge is 0.339 e. The Balaban J connectivity index is 2.13. The summed E-state index contributed by atoms with van der Waals surface area (Å²) in [7, 11) is 0. The number of rotatable bonds is 2. The zero-order chi connectivity index (χ0) is 15.1. The molecule has 0 bridgehead atoms. The highest BCUT2D eigenvalue weighted by atomic mass is 16.5. The number of carbonyl (C=O) groups excluding carboxylic acids is 1. The van der Waals surface area contributed by atoms with E-state index >= 15 is 0 Å². The van der Waals surface area contributed by atoms with Crippen LogP contribution in [0, 0.1) is 0 Å². The van der Waals surface area contributed by atoms with Crippen molar-refractivity contribution >= 4 is 5.97 Å². The highest BCUT2D eigenvalue weighted by Crippen LogP contribution is 2.44. The summed E-state index contributed by atoms with van der Waals surface area (Å²) in [6, 6.07) is 10.2. The van der Waals surface area contributed by atoms with E-state index in [1.54, 1.807) is 36.4 Å². The Morgan fingerprint density at radius 1 is 1.10 bits per heavy atom. The molecular formula is C17H16O4.